The molecule has 1 aromatic heterocycles. The van der Waals surface area contributed by atoms with Crippen LogP contribution in [-0.2, 0) is 11.3 Å². The smallest absolute Gasteiger partial charge is 0.223 e. The summed E-state index contributed by atoms with van der Waals surface area (Å²) in [7, 11) is 0. The van der Waals surface area contributed by atoms with E-state index in [0.717, 1.165) is 36.3 Å². The van der Waals surface area contributed by atoms with E-state index in [0.29, 0.717) is 26.1 Å². The Morgan fingerprint density at radius 1 is 1.46 bits per heavy atom. The molecule has 3 rings (SSSR count). The van der Waals surface area contributed by atoms with Gasteiger partial charge in [-0.1, -0.05) is 17.3 Å². The van der Waals surface area contributed by atoms with Gasteiger partial charge >= 0.3 is 0 Å². The lowest BCUT2D eigenvalue weighted by Gasteiger charge is -2.25. The van der Waals surface area contributed by atoms with Gasteiger partial charge in [0.25, 0.3) is 0 Å². The average molecular weight is 335 g/mol. The number of nitrogens with one attached hydrogen (secondary N) is 1. The first kappa shape index (κ1) is 17.1. The van der Waals surface area contributed by atoms with E-state index in [4.69, 9.17) is 4.52 Å². The summed E-state index contributed by atoms with van der Waals surface area (Å²) in [6, 6.07) is 0.0248. The molecule has 0 bridgehead atoms. The molecule has 1 fully saturated rings. The maximum Gasteiger partial charge on any atom is 0.223 e. The molecule has 2 aliphatic rings. The topological polar surface area (TPSA) is 58.4 Å². The van der Waals surface area contributed by atoms with Gasteiger partial charge in [-0.05, 0) is 39.5 Å². The second-order valence-electron chi connectivity index (χ2n) is 6.95. The largest absolute Gasteiger partial charge is 0.361 e. The van der Waals surface area contributed by atoms with Crippen LogP contribution < -0.4 is 5.32 Å². The highest BCUT2D eigenvalue weighted by Gasteiger charge is 2.33. The number of aromatic nitrogens is 1. The molecule has 5 nitrogen and oxygen atoms in total. The first-order valence-corrected chi connectivity index (χ1v) is 8.77. The van der Waals surface area contributed by atoms with Crippen molar-refractivity contribution in [1.82, 2.24) is 15.4 Å². The van der Waals surface area contributed by atoms with Gasteiger partial charge in [-0.3, -0.25) is 9.69 Å². The first-order valence-electron chi connectivity index (χ1n) is 8.77. The van der Waals surface area contributed by atoms with Gasteiger partial charge in [-0.2, -0.15) is 0 Å². The van der Waals surface area contributed by atoms with Crippen LogP contribution in [0.1, 0.15) is 42.7 Å². The van der Waals surface area contributed by atoms with Gasteiger partial charge in [0.05, 0.1) is 5.69 Å². The van der Waals surface area contributed by atoms with E-state index in [1.54, 1.807) is 0 Å². The zero-order valence-corrected chi connectivity index (χ0v) is 14.4. The summed E-state index contributed by atoms with van der Waals surface area (Å²) in [5.74, 6) is 0.944. The number of allylic oxidation sites excluding steroid dienone is 2. The molecule has 0 unspecified atom stereocenters. The lowest BCUT2D eigenvalue weighted by Crippen LogP contribution is -2.42. The summed E-state index contributed by atoms with van der Waals surface area (Å²) in [6.07, 6.45) is 6.50. The van der Waals surface area contributed by atoms with E-state index in [9.17, 15) is 9.18 Å². The highest BCUT2D eigenvalue weighted by atomic mass is 19.1. The minimum absolute atomic E-state index is 0.0248. The van der Waals surface area contributed by atoms with Gasteiger partial charge in [0.15, 0.2) is 0 Å². The van der Waals surface area contributed by atoms with Crippen LogP contribution in [0, 0.1) is 19.8 Å². The number of likely N-dealkylation sites (tertiary alicyclic amines) is 1. The van der Waals surface area contributed by atoms with Gasteiger partial charge in [0.1, 0.15) is 11.9 Å². The predicted octanol–water partition coefficient (Wildman–Crippen LogP) is 2.68. The van der Waals surface area contributed by atoms with Gasteiger partial charge in [0.2, 0.25) is 5.91 Å². The van der Waals surface area contributed by atoms with Crippen molar-refractivity contribution >= 4 is 5.91 Å². The Labute approximate surface area is 142 Å². The molecule has 0 saturated carbocycles. The highest BCUT2D eigenvalue weighted by Crippen LogP contribution is 2.25. The lowest BCUT2D eigenvalue weighted by molar-refractivity contribution is -0.125. The van der Waals surface area contributed by atoms with Crippen molar-refractivity contribution in [2.45, 2.75) is 58.3 Å². The van der Waals surface area contributed by atoms with E-state index in [-0.39, 0.29) is 17.9 Å². The zero-order chi connectivity index (χ0) is 17.1. The molecule has 1 amide bonds. The monoisotopic (exact) mass is 335 g/mol. The molecule has 1 aromatic rings. The van der Waals surface area contributed by atoms with Crippen molar-refractivity contribution in [2.24, 2.45) is 5.92 Å². The normalized spacial score (nSPS) is 27.5. The van der Waals surface area contributed by atoms with E-state index in [1.807, 2.05) is 13.8 Å². The van der Waals surface area contributed by atoms with Crippen LogP contribution in [-0.4, -0.2) is 41.3 Å². The molecule has 1 saturated heterocycles. The maximum atomic E-state index is 13.9. The number of carbonyl (C=O) groups is 1. The standard InChI is InChI=1S/C18H26FN3O2/c1-12-17(13(2)24-21-12)11-22-10-15(19)8-16(22)9-20-18(23)14-6-4-3-5-7-14/h3-4,14-16H,5-11H2,1-2H3,(H,20,23)/t14-,15+,16+/m1/s1. The Morgan fingerprint density at radius 2 is 2.29 bits per heavy atom. The third kappa shape index (κ3) is 3.86. The van der Waals surface area contributed by atoms with Gasteiger partial charge in [0, 0.05) is 37.2 Å². The summed E-state index contributed by atoms with van der Waals surface area (Å²) in [5.41, 5.74) is 1.88. The van der Waals surface area contributed by atoms with Crippen LogP contribution in [0.4, 0.5) is 4.39 Å². The number of nitrogens with zero attached hydrogens (tertiary/aromatic N) is 2. The molecule has 1 aliphatic carbocycles. The van der Waals surface area contributed by atoms with Gasteiger partial charge < -0.3 is 9.84 Å². The number of hydrogen-bond acceptors (Lipinski definition) is 4. The molecule has 132 valence electrons. The predicted molar refractivity (Wildman–Crippen MR) is 89.2 cm³/mol. The van der Waals surface area contributed by atoms with E-state index in [1.165, 1.54) is 0 Å². The maximum absolute atomic E-state index is 13.9. The molecular weight excluding hydrogens is 309 g/mol. The fraction of sp³-hybridized carbons (Fsp3) is 0.667. The van der Waals surface area contributed by atoms with Gasteiger partial charge in [-0.25, -0.2) is 4.39 Å². The fourth-order valence-electron chi connectivity index (χ4n) is 3.65. The van der Waals surface area contributed by atoms with Crippen molar-refractivity contribution in [3.05, 3.63) is 29.2 Å². The van der Waals surface area contributed by atoms with Crippen LogP contribution in [0.5, 0.6) is 0 Å². The summed E-state index contributed by atoms with van der Waals surface area (Å²) in [6.45, 7) is 5.31. The molecular formula is C18H26FN3O2. The van der Waals surface area contributed by atoms with Crippen LogP contribution in [0.2, 0.25) is 0 Å². The van der Waals surface area contributed by atoms with Crippen LogP contribution in [0.3, 0.4) is 0 Å². The first-order chi connectivity index (χ1) is 11.5. The molecule has 0 spiro atoms. The van der Waals surface area contributed by atoms with Crippen molar-refractivity contribution < 1.29 is 13.7 Å². The van der Waals surface area contributed by atoms with E-state index >= 15 is 0 Å². The number of halogens is 1. The molecule has 0 aromatic carbocycles. The number of aryl methyl sites for hydroxylation is 2. The van der Waals surface area contributed by atoms with Crippen molar-refractivity contribution in [3.63, 3.8) is 0 Å². The number of alkyl halides is 1. The number of amides is 1. The Balaban J connectivity index is 1.57. The third-order valence-corrected chi connectivity index (χ3v) is 5.17. The van der Waals surface area contributed by atoms with Crippen LogP contribution in [0.15, 0.2) is 16.7 Å². The number of rotatable bonds is 5. The lowest BCUT2D eigenvalue weighted by atomic mass is 9.93. The zero-order valence-electron chi connectivity index (χ0n) is 14.4. The Bertz CT molecular complexity index is 594. The van der Waals surface area contributed by atoms with Gasteiger partial charge in [-0.15, -0.1) is 0 Å². The Hall–Kier alpha value is -1.69. The van der Waals surface area contributed by atoms with E-state index < -0.39 is 6.17 Å². The minimum Gasteiger partial charge on any atom is -0.361 e. The van der Waals surface area contributed by atoms with E-state index in [2.05, 4.69) is 27.5 Å². The van der Waals surface area contributed by atoms with Crippen LogP contribution in [0.25, 0.3) is 0 Å². The Morgan fingerprint density at radius 3 is 2.96 bits per heavy atom. The fourth-order valence-corrected chi connectivity index (χ4v) is 3.65. The second kappa shape index (κ2) is 7.47. The summed E-state index contributed by atoms with van der Waals surface area (Å²) < 4.78 is 19.1. The molecule has 0 radical (unpaired) electrons. The summed E-state index contributed by atoms with van der Waals surface area (Å²) in [4.78, 5) is 14.4. The van der Waals surface area contributed by atoms with Crippen molar-refractivity contribution in [3.8, 4) is 0 Å². The SMILES string of the molecule is Cc1noc(C)c1CN1C[C@@H](F)C[C@H]1CNC(=O)[C@@H]1CC=CCC1. The second-order valence-corrected chi connectivity index (χ2v) is 6.95. The minimum atomic E-state index is -0.843. The number of hydrogen-bond donors (Lipinski definition) is 1. The molecule has 1 N–H and O–H groups in total. The molecule has 2 heterocycles. The summed E-state index contributed by atoms with van der Waals surface area (Å²) >= 11 is 0. The highest BCUT2D eigenvalue weighted by molar-refractivity contribution is 5.79. The van der Waals surface area contributed by atoms with Crippen LogP contribution >= 0.6 is 0 Å². The van der Waals surface area contributed by atoms with Crippen molar-refractivity contribution in [2.75, 3.05) is 13.1 Å². The Kier molecular flexibility index (Phi) is 5.33. The quantitative estimate of drug-likeness (QED) is 0.841. The van der Waals surface area contributed by atoms with Crippen molar-refractivity contribution in [1.29, 1.82) is 0 Å². The molecule has 1 aliphatic heterocycles. The molecule has 6 heteroatoms. The average Bonchev–Trinajstić information content (AvgIpc) is 3.10. The molecule has 3 atom stereocenters. The summed E-state index contributed by atoms with van der Waals surface area (Å²) in [5, 5.41) is 7.00. The third-order valence-electron chi connectivity index (χ3n) is 5.17. The number of carbonyl (C=O) groups excluding carboxylic acids is 1. The molecule has 24 heavy (non-hydrogen) atoms.